The van der Waals surface area contributed by atoms with Crippen molar-refractivity contribution in [3.63, 3.8) is 0 Å². The maximum Gasteiger partial charge on any atom is 0.279 e. The number of hydrogen-bond acceptors (Lipinski definition) is 5. The van der Waals surface area contributed by atoms with Crippen molar-refractivity contribution in [3.05, 3.63) is 52.8 Å². The maximum atomic E-state index is 12.8. The molecule has 0 atom stereocenters. The Hall–Kier alpha value is -2.25. The molecule has 0 aliphatic heterocycles. The summed E-state index contributed by atoms with van der Waals surface area (Å²) >= 11 is 3.28. The van der Waals surface area contributed by atoms with Crippen LogP contribution >= 0.6 is 23.1 Å². The van der Waals surface area contributed by atoms with E-state index in [0.29, 0.717) is 17.0 Å². The van der Waals surface area contributed by atoms with Gasteiger partial charge in [0.2, 0.25) is 0 Å². The average molecular weight is 431 g/mol. The molecule has 1 amide bonds. The normalized spacial score (nSPS) is 12.0. The smallest absolute Gasteiger partial charge is 0.279 e. The number of amides is 1. The molecule has 0 aliphatic carbocycles. The van der Waals surface area contributed by atoms with Crippen LogP contribution in [-0.4, -0.2) is 35.2 Å². The first-order chi connectivity index (χ1) is 14.0. The number of carbonyl (C=O) groups excluding carboxylic acids is 1. The van der Waals surface area contributed by atoms with E-state index in [2.05, 4.69) is 15.8 Å². The van der Waals surface area contributed by atoms with Crippen molar-refractivity contribution >= 4 is 39.2 Å². The Labute approximate surface area is 179 Å². The first-order valence-electron chi connectivity index (χ1n) is 9.62. The zero-order valence-electron chi connectivity index (χ0n) is 17.2. The van der Waals surface area contributed by atoms with Crippen molar-refractivity contribution in [1.82, 2.24) is 4.57 Å². The molecule has 2 aromatic carbocycles. The van der Waals surface area contributed by atoms with Crippen LogP contribution in [0, 0.1) is 0 Å². The molecule has 0 aliphatic rings. The van der Waals surface area contributed by atoms with Crippen LogP contribution in [0.1, 0.15) is 31.1 Å². The third-order valence-electron chi connectivity index (χ3n) is 4.15. The van der Waals surface area contributed by atoms with Crippen LogP contribution in [0.2, 0.25) is 0 Å². The van der Waals surface area contributed by atoms with Crippen LogP contribution in [0.4, 0.5) is 0 Å². The Morgan fingerprint density at radius 1 is 1.17 bits per heavy atom. The molecule has 0 fully saturated rings. The van der Waals surface area contributed by atoms with Crippen LogP contribution < -0.4 is 14.3 Å². The number of aromatic nitrogens is 1. The lowest BCUT2D eigenvalue weighted by Crippen LogP contribution is -2.18. The molecule has 3 aromatic rings. The van der Waals surface area contributed by atoms with Crippen molar-refractivity contribution in [3.8, 4) is 11.5 Å². The summed E-state index contributed by atoms with van der Waals surface area (Å²) in [4.78, 5) is 17.9. The summed E-state index contributed by atoms with van der Waals surface area (Å²) in [5.74, 6) is 2.27. The highest BCUT2D eigenvalue weighted by molar-refractivity contribution is 7.98. The summed E-state index contributed by atoms with van der Waals surface area (Å²) in [5, 5.41) is 0. The number of carbonyl (C=O) groups is 1. The second kappa shape index (κ2) is 9.98. The molecule has 0 radical (unpaired) electrons. The van der Waals surface area contributed by atoms with Gasteiger partial charge in [-0.3, -0.25) is 4.79 Å². The van der Waals surface area contributed by atoms with Crippen molar-refractivity contribution in [2.24, 2.45) is 4.99 Å². The summed E-state index contributed by atoms with van der Waals surface area (Å²) in [6, 6.07) is 13.2. The van der Waals surface area contributed by atoms with Gasteiger partial charge in [-0.25, -0.2) is 0 Å². The fourth-order valence-corrected chi connectivity index (χ4v) is 4.34. The number of nitrogens with zero attached hydrogens (tertiary/aromatic N) is 2. The number of rotatable bonds is 8. The molecule has 0 bridgehead atoms. The minimum atomic E-state index is -0.254. The summed E-state index contributed by atoms with van der Waals surface area (Å²) in [6.07, 6.45) is 2.17. The quantitative estimate of drug-likeness (QED) is 0.505. The van der Waals surface area contributed by atoms with Gasteiger partial charge in [0.1, 0.15) is 11.5 Å². The molecule has 3 rings (SSSR count). The summed E-state index contributed by atoms with van der Waals surface area (Å²) in [7, 11) is 0. The molecular weight excluding hydrogens is 404 g/mol. The SMILES string of the molecule is CCOc1ccc2c(c1)sc(=NC(=O)c1ccc(OC(C)C)cc1)n2CCSC. The second-order valence-corrected chi connectivity index (χ2v) is 8.69. The van der Waals surface area contributed by atoms with E-state index in [9.17, 15) is 4.79 Å². The van der Waals surface area contributed by atoms with Gasteiger partial charge in [-0.2, -0.15) is 16.8 Å². The van der Waals surface area contributed by atoms with Gasteiger partial charge in [0.05, 0.1) is 22.9 Å². The summed E-state index contributed by atoms with van der Waals surface area (Å²) < 4.78 is 14.4. The molecule has 0 saturated carbocycles. The third-order valence-corrected chi connectivity index (χ3v) is 5.79. The lowest BCUT2D eigenvalue weighted by molar-refractivity contribution is 0.0998. The van der Waals surface area contributed by atoms with Crippen LogP contribution in [-0.2, 0) is 6.54 Å². The number of thioether (sulfide) groups is 1. The van der Waals surface area contributed by atoms with E-state index in [4.69, 9.17) is 9.47 Å². The fraction of sp³-hybridized carbons (Fsp3) is 0.364. The van der Waals surface area contributed by atoms with Gasteiger partial charge >= 0.3 is 0 Å². The molecule has 0 spiro atoms. The van der Waals surface area contributed by atoms with Crippen molar-refractivity contribution < 1.29 is 14.3 Å². The van der Waals surface area contributed by atoms with Crippen LogP contribution in [0.15, 0.2) is 47.5 Å². The zero-order chi connectivity index (χ0) is 20.8. The minimum Gasteiger partial charge on any atom is -0.494 e. The highest BCUT2D eigenvalue weighted by atomic mass is 32.2. The molecule has 7 heteroatoms. The number of fused-ring (bicyclic) bond motifs is 1. The molecular formula is C22H26N2O3S2. The molecule has 1 heterocycles. The molecule has 154 valence electrons. The maximum absolute atomic E-state index is 12.8. The highest BCUT2D eigenvalue weighted by Crippen LogP contribution is 2.24. The Morgan fingerprint density at radius 2 is 1.90 bits per heavy atom. The lowest BCUT2D eigenvalue weighted by Gasteiger charge is -2.09. The van der Waals surface area contributed by atoms with Crippen molar-refractivity contribution in [2.75, 3.05) is 18.6 Å². The van der Waals surface area contributed by atoms with Gasteiger partial charge in [-0.1, -0.05) is 11.3 Å². The Morgan fingerprint density at radius 3 is 2.55 bits per heavy atom. The first-order valence-corrected chi connectivity index (χ1v) is 11.8. The van der Waals surface area contributed by atoms with Crippen molar-refractivity contribution in [2.45, 2.75) is 33.4 Å². The van der Waals surface area contributed by atoms with Crippen LogP contribution in [0.5, 0.6) is 11.5 Å². The van der Waals surface area contributed by atoms with Gasteiger partial charge < -0.3 is 14.0 Å². The largest absolute Gasteiger partial charge is 0.494 e. The first kappa shape index (κ1) is 21.5. The summed E-state index contributed by atoms with van der Waals surface area (Å²) in [5.41, 5.74) is 1.62. The molecule has 5 nitrogen and oxygen atoms in total. The Kier molecular flexibility index (Phi) is 7.39. The number of ether oxygens (including phenoxy) is 2. The van der Waals surface area contributed by atoms with Gasteiger partial charge in [0, 0.05) is 17.9 Å². The Bertz CT molecular complexity index is 1040. The fourth-order valence-electron chi connectivity index (χ4n) is 2.89. The number of hydrogen-bond donors (Lipinski definition) is 0. The van der Waals surface area contributed by atoms with E-state index >= 15 is 0 Å². The Balaban J connectivity index is 1.97. The van der Waals surface area contributed by atoms with E-state index in [1.165, 1.54) is 11.3 Å². The number of thiazole rings is 1. The van der Waals surface area contributed by atoms with Gasteiger partial charge in [-0.05, 0) is 69.5 Å². The van der Waals surface area contributed by atoms with Gasteiger partial charge in [0.15, 0.2) is 4.80 Å². The van der Waals surface area contributed by atoms with E-state index in [-0.39, 0.29) is 12.0 Å². The lowest BCUT2D eigenvalue weighted by atomic mass is 10.2. The topological polar surface area (TPSA) is 52.8 Å². The highest BCUT2D eigenvalue weighted by Gasteiger charge is 2.11. The number of aryl methyl sites for hydroxylation is 1. The molecule has 1 aromatic heterocycles. The predicted molar refractivity (Wildman–Crippen MR) is 121 cm³/mol. The van der Waals surface area contributed by atoms with E-state index < -0.39 is 0 Å². The number of benzene rings is 2. The van der Waals surface area contributed by atoms with E-state index in [0.717, 1.165) is 34.0 Å². The average Bonchev–Trinajstić information content (AvgIpc) is 3.02. The van der Waals surface area contributed by atoms with E-state index in [1.54, 1.807) is 23.9 Å². The zero-order valence-corrected chi connectivity index (χ0v) is 18.8. The molecule has 0 unspecified atom stereocenters. The molecule has 0 N–H and O–H groups in total. The van der Waals surface area contributed by atoms with Gasteiger partial charge in [0.25, 0.3) is 5.91 Å². The van der Waals surface area contributed by atoms with E-state index in [1.807, 2.05) is 51.1 Å². The minimum absolute atomic E-state index is 0.0942. The molecule has 0 saturated heterocycles. The van der Waals surface area contributed by atoms with Crippen LogP contribution in [0.3, 0.4) is 0 Å². The van der Waals surface area contributed by atoms with Crippen molar-refractivity contribution in [1.29, 1.82) is 0 Å². The van der Waals surface area contributed by atoms with Crippen LogP contribution in [0.25, 0.3) is 10.2 Å². The summed E-state index contributed by atoms with van der Waals surface area (Å²) in [6.45, 7) is 7.33. The monoisotopic (exact) mass is 430 g/mol. The third kappa shape index (κ3) is 5.42. The standard InChI is InChI=1S/C22H26N2O3S2/c1-5-26-18-10-11-19-20(14-18)29-22(24(19)12-13-28-4)23-21(25)16-6-8-17(9-7-16)27-15(2)3/h6-11,14-15H,5,12-13H2,1-4H3. The second-order valence-electron chi connectivity index (χ2n) is 6.70. The molecule has 29 heavy (non-hydrogen) atoms. The van der Waals surface area contributed by atoms with Gasteiger partial charge in [-0.15, -0.1) is 0 Å². The predicted octanol–water partition coefficient (Wildman–Crippen LogP) is 4.99.